The van der Waals surface area contributed by atoms with E-state index in [0.29, 0.717) is 22.1 Å². The molecule has 0 spiro atoms. The summed E-state index contributed by atoms with van der Waals surface area (Å²) in [6.07, 6.45) is 0. The first-order valence-corrected chi connectivity index (χ1v) is 5.95. The summed E-state index contributed by atoms with van der Waals surface area (Å²) in [7, 11) is 2.97. The van der Waals surface area contributed by atoms with Gasteiger partial charge in [-0.3, -0.25) is 4.79 Å². The van der Waals surface area contributed by atoms with Crippen LogP contribution in [0.15, 0.2) is 39.5 Å². The Morgan fingerprint density at radius 1 is 1.05 bits per heavy atom. The molecule has 20 heavy (non-hydrogen) atoms. The summed E-state index contributed by atoms with van der Waals surface area (Å²) in [4.78, 5) is 12.5. The number of hydrogen-bond acceptors (Lipinski definition) is 5. The van der Waals surface area contributed by atoms with Gasteiger partial charge in [0.05, 0.1) is 19.6 Å². The molecule has 0 saturated heterocycles. The van der Waals surface area contributed by atoms with Crippen LogP contribution in [0.3, 0.4) is 0 Å². The summed E-state index contributed by atoms with van der Waals surface area (Å²) in [6.45, 7) is 0. The summed E-state index contributed by atoms with van der Waals surface area (Å²) >= 11 is 0. The van der Waals surface area contributed by atoms with E-state index < -0.39 is 0 Å². The fraction of sp³-hybridized carbons (Fsp3) is 0.133. The fourth-order valence-electron chi connectivity index (χ4n) is 2.20. The Balaban J connectivity index is 2.50. The van der Waals surface area contributed by atoms with Crippen molar-refractivity contribution in [1.82, 2.24) is 0 Å². The van der Waals surface area contributed by atoms with Crippen LogP contribution in [-0.2, 0) is 0 Å². The average molecular weight is 272 g/mol. The molecule has 0 atom stereocenters. The molecule has 5 heteroatoms. The monoisotopic (exact) mass is 272 g/mol. The molecule has 1 N–H and O–H groups in total. The number of phenols is 1. The van der Waals surface area contributed by atoms with E-state index in [2.05, 4.69) is 0 Å². The van der Waals surface area contributed by atoms with Crippen molar-refractivity contribution in [2.24, 2.45) is 0 Å². The minimum absolute atomic E-state index is 0.0280. The second kappa shape index (κ2) is 4.45. The van der Waals surface area contributed by atoms with E-state index >= 15 is 0 Å². The maximum absolute atomic E-state index is 12.5. The molecule has 3 rings (SSSR count). The summed E-state index contributed by atoms with van der Waals surface area (Å²) in [5, 5.41) is 10.4. The predicted molar refractivity (Wildman–Crippen MR) is 74.8 cm³/mol. The molecule has 3 aromatic rings. The Morgan fingerprint density at radius 2 is 1.85 bits per heavy atom. The second-order valence-electron chi connectivity index (χ2n) is 4.31. The highest BCUT2D eigenvalue weighted by Crippen LogP contribution is 2.31. The summed E-state index contributed by atoms with van der Waals surface area (Å²) in [5.41, 5.74) is 0.461. The van der Waals surface area contributed by atoms with Crippen molar-refractivity contribution >= 4 is 21.9 Å². The van der Waals surface area contributed by atoms with Crippen LogP contribution in [0.25, 0.3) is 21.9 Å². The minimum Gasteiger partial charge on any atom is -0.508 e. The van der Waals surface area contributed by atoms with Gasteiger partial charge in [0.1, 0.15) is 33.8 Å². The molecule has 0 radical (unpaired) electrons. The molecule has 0 saturated carbocycles. The number of benzene rings is 2. The second-order valence-corrected chi connectivity index (χ2v) is 4.31. The topological polar surface area (TPSA) is 68.9 Å². The molecule has 0 aliphatic rings. The lowest BCUT2D eigenvalue weighted by Gasteiger charge is -2.07. The summed E-state index contributed by atoms with van der Waals surface area (Å²) in [6, 6.07) is 7.74. The van der Waals surface area contributed by atoms with E-state index in [-0.39, 0.29) is 22.5 Å². The van der Waals surface area contributed by atoms with Crippen LogP contribution in [0.4, 0.5) is 0 Å². The highest BCUT2D eigenvalue weighted by Gasteiger charge is 2.14. The molecule has 0 aliphatic heterocycles. The first kappa shape index (κ1) is 12.3. The molecule has 0 aliphatic carbocycles. The molecular formula is C15H12O5. The Morgan fingerprint density at radius 3 is 2.55 bits per heavy atom. The number of rotatable bonds is 2. The maximum atomic E-state index is 12.5. The molecule has 5 nitrogen and oxygen atoms in total. The lowest BCUT2D eigenvalue weighted by molar-refractivity contribution is 0.411. The van der Waals surface area contributed by atoms with Crippen molar-refractivity contribution < 1.29 is 19.0 Å². The minimum atomic E-state index is -0.208. The Labute approximate surface area is 114 Å². The Hall–Kier alpha value is -2.69. The number of ether oxygens (including phenoxy) is 2. The Bertz CT molecular complexity index is 863. The fourth-order valence-corrected chi connectivity index (χ4v) is 2.20. The zero-order valence-electron chi connectivity index (χ0n) is 11.0. The molecule has 102 valence electrons. The maximum Gasteiger partial charge on any atom is 0.204 e. The third kappa shape index (κ3) is 1.75. The largest absolute Gasteiger partial charge is 0.508 e. The Kier molecular flexibility index (Phi) is 2.75. The third-order valence-electron chi connectivity index (χ3n) is 3.15. The van der Waals surface area contributed by atoms with Gasteiger partial charge in [0.25, 0.3) is 0 Å². The van der Waals surface area contributed by atoms with Crippen molar-refractivity contribution in [1.29, 1.82) is 0 Å². The third-order valence-corrected chi connectivity index (χ3v) is 3.15. The molecular weight excluding hydrogens is 260 g/mol. The average Bonchev–Trinajstić information content (AvgIpc) is 2.45. The SMILES string of the molecule is COc1ccc2c(=O)c3c(OC)cc(O)cc3oc2c1. The van der Waals surface area contributed by atoms with Crippen LogP contribution in [0.1, 0.15) is 0 Å². The molecule has 1 heterocycles. The van der Waals surface area contributed by atoms with Gasteiger partial charge >= 0.3 is 0 Å². The molecule has 2 aromatic carbocycles. The van der Waals surface area contributed by atoms with Crippen molar-refractivity contribution in [2.75, 3.05) is 14.2 Å². The highest BCUT2D eigenvalue weighted by molar-refractivity contribution is 5.94. The van der Waals surface area contributed by atoms with Crippen molar-refractivity contribution in [3.63, 3.8) is 0 Å². The van der Waals surface area contributed by atoms with E-state index in [1.165, 1.54) is 26.4 Å². The van der Waals surface area contributed by atoms with E-state index in [0.717, 1.165) is 0 Å². The van der Waals surface area contributed by atoms with Gasteiger partial charge in [-0.2, -0.15) is 0 Å². The lowest BCUT2D eigenvalue weighted by atomic mass is 10.1. The number of methoxy groups -OCH3 is 2. The van der Waals surface area contributed by atoms with E-state index in [1.54, 1.807) is 18.2 Å². The first-order chi connectivity index (χ1) is 9.63. The zero-order valence-corrected chi connectivity index (χ0v) is 11.0. The van der Waals surface area contributed by atoms with Crippen LogP contribution in [-0.4, -0.2) is 19.3 Å². The number of phenolic OH excluding ortho intramolecular Hbond substituents is 1. The zero-order chi connectivity index (χ0) is 14.3. The van der Waals surface area contributed by atoms with Gasteiger partial charge in [0.2, 0.25) is 5.43 Å². The standard InChI is InChI=1S/C15H12O5/c1-18-9-3-4-10-11(7-9)20-13-6-8(16)5-12(19-2)14(13)15(10)17/h3-7,16H,1-2H3. The van der Waals surface area contributed by atoms with Crippen LogP contribution in [0.2, 0.25) is 0 Å². The quantitative estimate of drug-likeness (QED) is 0.726. The van der Waals surface area contributed by atoms with Crippen molar-refractivity contribution in [2.45, 2.75) is 0 Å². The molecule has 0 fully saturated rings. The van der Waals surface area contributed by atoms with Gasteiger partial charge in [0, 0.05) is 18.2 Å². The van der Waals surface area contributed by atoms with Gasteiger partial charge in [-0.25, -0.2) is 0 Å². The highest BCUT2D eigenvalue weighted by atomic mass is 16.5. The number of aromatic hydroxyl groups is 1. The van der Waals surface area contributed by atoms with Gasteiger partial charge < -0.3 is 19.0 Å². The van der Waals surface area contributed by atoms with Crippen LogP contribution in [0, 0.1) is 0 Å². The first-order valence-electron chi connectivity index (χ1n) is 5.95. The van der Waals surface area contributed by atoms with Gasteiger partial charge in [-0.15, -0.1) is 0 Å². The van der Waals surface area contributed by atoms with Gasteiger partial charge in [0.15, 0.2) is 0 Å². The van der Waals surface area contributed by atoms with Crippen LogP contribution in [0.5, 0.6) is 17.2 Å². The predicted octanol–water partition coefficient (Wildman–Crippen LogP) is 2.67. The van der Waals surface area contributed by atoms with Gasteiger partial charge in [-0.1, -0.05) is 0 Å². The molecule has 0 amide bonds. The molecule has 0 unspecified atom stereocenters. The lowest BCUT2D eigenvalue weighted by Crippen LogP contribution is -2.04. The normalized spacial score (nSPS) is 10.9. The number of hydrogen-bond donors (Lipinski definition) is 1. The van der Waals surface area contributed by atoms with Gasteiger partial charge in [-0.05, 0) is 12.1 Å². The van der Waals surface area contributed by atoms with Crippen LogP contribution < -0.4 is 14.9 Å². The van der Waals surface area contributed by atoms with Crippen molar-refractivity contribution in [3.05, 3.63) is 40.6 Å². The molecule has 1 aromatic heterocycles. The number of fused-ring (bicyclic) bond motifs is 2. The smallest absolute Gasteiger partial charge is 0.204 e. The molecule has 0 bridgehead atoms. The van der Waals surface area contributed by atoms with Crippen molar-refractivity contribution in [3.8, 4) is 17.2 Å². The summed E-state index contributed by atoms with van der Waals surface area (Å²) in [5.74, 6) is 0.846. The summed E-state index contributed by atoms with van der Waals surface area (Å²) < 4.78 is 15.9. The van der Waals surface area contributed by atoms with E-state index in [1.807, 2.05) is 0 Å². The van der Waals surface area contributed by atoms with E-state index in [4.69, 9.17) is 13.9 Å². The van der Waals surface area contributed by atoms with E-state index in [9.17, 15) is 9.90 Å². The van der Waals surface area contributed by atoms with Crippen LogP contribution >= 0.6 is 0 Å².